The molecule has 3 aromatic rings. The number of ketones is 1. The van der Waals surface area contributed by atoms with Crippen LogP contribution in [-0.4, -0.2) is 64.3 Å². The molecule has 6 nitrogen and oxygen atoms in total. The van der Waals surface area contributed by atoms with Crippen molar-refractivity contribution in [2.24, 2.45) is 0 Å². The van der Waals surface area contributed by atoms with Gasteiger partial charge >= 0.3 is 0 Å². The fourth-order valence-corrected chi connectivity index (χ4v) is 5.13. The predicted octanol–water partition coefficient (Wildman–Crippen LogP) is 5.05. The van der Waals surface area contributed by atoms with Gasteiger partial charge in [0, 0.05) is 55.3 Å². The number of hydrogen-bond donors (Lipinski definition) is 1. The maximum atomic E-state index is 13.0. The molecule has 1 fully saturated rings. The van der Waals surface area contributed by atoms with Gasteiger partial charge in [0.25, 0.3) is 0 Å². The molecule has 0 saturated carbocycles. The molecule has 1 aromatic heterocycles. The first-order chi connectivity index (χ1) is 17.6. The lowest BCUT2D eigenvalue weighted by molar-refractivity contribution is -0.120. The minimum Gasteiger partial charge on any atom is -0.340 e. The van der Waals surface area contributed by atoms with Crippen LogP contribution in [0.4, 0.5) is 11.5 Å². The van der Waals surface area contributed by atoms with Gasteiger partial charge in [-0.25, -0.2) is 9.97 Å². The molecule has 4 rings (SSSR count). The van der Waals surface area contributed by atoms with E-state index >= 15 is 0 Å². The molecule has 2 heterocycles. The van der Waals surface area contributed by atoms with E-state index in [0.717, 1.165) is 53.9 Å². The minimum absolute atomic E-state index is 0.245. The van der Waals surface area contributed by atoms with Crippen molar-refractivity contribution in [1.29, 1.82) is 0 Å². The molecule has 0 amide bonds. The second kappa shape index (κ2) is 12.6. The van der Waals surface area contributed by atoms with Gasteiger partial charge in [0.2, 0.25) is 0 Å². The van der Waals surface area contributed by atoms with Gasteiger partial charge in [0.15, 0.2) is 5.78 Å². The molecule has 6 heteroatoms. The van der Waals surface area contributed by atoms with Gasteiger partial charge in [-0.15, -0.1) is 6.42 Å². The minimum atomic E-state index is 0.245. The molecular formula is C30H37N5O. The van der Waals surface area contributed by atoms with Crippen LogP contribution in [0.1, 0.15) is 50.7 Å². The first kappa shape index (κ1) is 25.8. The van der Waals surface area contributed by atoms with Crippen LogP contribution in [0.2, 0.25) is 0 Å². The summed E-state index contributed by atoms with van der Waals surface area (Å²) in [6.07, 6.45) is 12.5. The van der Waals surface area contributed by atoms with E-state index in [1.807, 2.05) is 42.5 Å². The Morgan fingerprint density at radius 1 is 1.06 bits per heavy atom. The van der Waals surface area contributed by atoms with E-state index in [1.54, 1.807) is 6.33 Å². The summed E-state index contributed by atoms with van der Waals surface area (Å²) >= 11 is 0. The summed E-state index contributed by atoms with van der Waals surface area (Å²) in [7, 11) is 0. The molecule has 0 atom stereocenters. The Morgan fingerprint density at radius 3 is 2.56 bits per heavy atom. The summed E-state index contributed by atoms with van der Waals surface area (Å²) in [4.78, 5) is 26.7. The number of fused-ring (bicyclic) bond motifs is 1. The van der Waals surface area contributed by atoms with Crippen molar-refractivity contribution in [2.75, 3.05) is 38.0 Å². The molecule has 1 saturated heterocycles. The number of nitrogens with zero attached hydrogens (tertiary/aromatic N) is 4. The third kappa shape index (κ3) is 6.69. The first-order valence-corrected chi connectivity index (χ1v) is 13.1. The van der Waals surface area contributed by atoms with E-state index in [-0.39, 0.29) is 5.78 Å². The first-order valence-electron chi connectivity index (χ1n) is 13.1. The normalized spacial score (nSPS) is 14.7. The smallest absolute Gasteiger partial charge is 0.151 e. The largest absolute Gasteiger partial charge is 0.340 e. The molecule has 1 aliphatic rings. The van der Waals surface area contributed by atoms with Crippen molar-refractivity contribution >= 4 is 28.2 Å². The molecule has 2 aromatic carbocycles. The van der Waals surface area contributed by atoms with Crippen molar-refractivity contribution in [3.05, 3.63) is 59.9 Å². The Balaban J connectivity index is 1.38. The average Bonchev–Trinajstić information content (AvgIpc) is 2.89. The number of benzene rings is 2. The van der Waals surface area contributed by atoms with Crippen molar-refractivity contribution in [3.8, 4) is 12.3 Å². The summed E-state index contributed by atoms with van der Waals surface area (Å²) in [5.74, 6) is 3.60. The van der Waals surface area contributed by atoms with Gasteiger partial charge in [-0.1, -0.05) is 44.7 Å². The number of carbonyl (C=O) groups excluding carboxylic acids is 1. The van der Waals surface area contributed by atoms with Gasteiger partial charge in [0.05, 0.1) is 12.1 Å². The maximum absolute atomic E-state index is 13.0. The number of hydrogen-bond acceptors (Lipinski definition) is 6. The van der Waals surface area contributed by atoms with Crippen molar-refractivity contribution < 1.29 is 4.79 Å². The fraction of sp³-hybridized carbons (Fsp3) is 0.433. The van der Waals surface area contributed by atoms with Crippen LogP contribution in [0.15, 0.2) is 48.8 Å². The highest BCUT2D eigenvalue weighted by atomic mass is 16.1. The van der Waals surface area contributed by atoms with Gasteiger partial charge in [-0.2, -0.15) is 0 Å². The van der Waals surface area contributed by atoms with Gasteiger partial charge in [-0.05, 0) is 48.7 Å². The number of piperazine rings is 1. The zero-order valence-electron chi connectivity index (χ0n) is 21.5. The third-order valence-electron chi connectivity index (χ3n) is 6.96. The van der Waals surface area contributed by atoms with Crippen LogP contribution < -0.4 is 5.32 Å². The monoisotopic (exact) mass is 483 g/mol. The fourth-order valence-electron chi connectivity index (χ4n) is 5.13. The molecular weight excluding hydrogens is 446 g/mol. The van der Waals surface area contributed by atoms with Gasteiger partial charge < -0.3 is 5.32 Å². The lowest BCUT2D eigenvalue weighted by atomic mass is 10.0. The van der Waals surface area contributed by atoms with Crippen molar-refractivity contribution in [2.45, 2.75) is 52.0 Å². The molecule has 0 spiro atoms. The van der Waals surface area contributed by atoms with E-state index in [4.69, 9.17) is 6.42 Å². The molecule has 0 bridgehead atoms. The third-order valence-corrected chi connectivity index (χ3v) is 6.96. The lowest BCUT2D eigenvalue weighted by Crippen LogP contribution is -2.51. The number of terminal acetylenes is 1. The Labute approximate surface area is 215 Å². The van der Waals surface area contributed by atoms with Crippen LogP contribution in [0.5, 0.6) is 0 Å². The second-order valence-corrected chi connectivity index (χ2v) is 9.68. The number of aromatic nitrogens is 2. The molecule has 0 unspecified atom stereocenters. The van der Waals surface area contributed by atoms with Crippen molar-refractivity contribution in [3.63, 3.8) is 0 Å². The Hall–Kier alpha value is -3.27. The zero-order chi connectivity index (χ0) is 25.3. The number of rotatable bonds is 11. The van der Waals surface area contributed by atoms with Crippen LogP contribution in [0.3, 0.4) is 0 Å². The SMILES string of the molecule is C#Cc1cccc(Nc2ncnc3ccc(CC(=O)CN4CCN(C(CCC)CCC)CC4)cc23)c1. The van der Waals surface area contributed by atoms with Crippen LogP contribution in [0.25, 0.3) is 10.9 Å². The highest BCUT2D eigenvalue weighted by molar-refractivity contribution is 5.92. The van der Waals surface area contributed by atoms with E-state index < -0.39 is 0 Å². The highest BCUT2D eigenvalue weighted by Crippen LogP contribution is 2.25. The van der Waals surface area contributed by atoms with E-state index in [9.17, 15) is 4.79 Å². The molecule has 188 valence electrons. The number of carbonyl (C=O) groups is 1. The quantitative estimate of drug-likeness (QED) is 0.385. The van der Waals surface area contributed by atoms with E-state index in [0.29, 0.717) is 24.8 Å². The highest BCUT2D eigenvalue weighted by Gasteiger charge is 2.24. The maximum Gasteiger partial charge on any atom is 0.151 e. The topological polar surface area (TPSA) is 61.4 Å². The summed E-state index contributed by atoms with van der Waals surface area (Å²) in [5, 5.41) is 4.24. The summed E-state index contributed by atoms with van der Waals surface area (Å²) < 4.78 is 0. The summed E-state index contributed by atoms with van der Waals surface area (Å²) in [6, 6.07) is 14.3. The van der Waals surface area contributed by atoms with E-state index in [1.165, 1.54) is 25.7 Å². The van der Waals surface area contributed by atoms with Crippen molar-refractivity contribution in [1.82, 2.24) is 19.8 Å². The standard InChI is InChI=1S/C30H37N5O/c1-4-8-26(9-5-2)35-16-14-34(15-17-35)21-27(36)19-24-12-13-29-28(20-24)30(32-22-31-29)33-25-11-7-10-23(6-3)18-25/h3,7,10-13,18,20,22,26H,4-5,8-9,14-17,19,21H2,1-2H3,(H,31,32,33). The average molecular weight is 484 g/mol. The zero-order valence-corrected chi connectivity index (χ0v) is 21.5. The number of Topliss-reactive ketones (excluding diaryl/α,β-unsaturated/α-hetero) is 1. The summed E-state index contributed by atoms with van der Waals surface area (Å²) in [6.45, 7) is 9.09. The molecule has 0 aliphatic carbocycles. The molecule has 1 aliphatic heterocycles. The predicted molar refractivity (Wildman–Crippen MR) is 148 cm³/mol. The number of nitrogens with one attached hydrogen (secondary N) is 1. The Morgan fingerprint density at radius 2 is 1.83 bits per heavy atom. The lowest BCUT2D eigenvalue weighted by Gasteiger charge is -2.39. The Bertz CT molecular complexity index is 1200. The van der Waals surface area contributed by atoms with E-state index in [2.05, 4.69) is 44.9 Å². The second-order valence-electron chi connectivity index (χ2n) is 9.68. The van der Waals surface area contributed by atoms with Crippen LogP contribution in [0, 0.1) is 12.3 Å². The Kier molecular flexibility index (Phi) is 9.05. The molecule has 0 radical (unpaired) electrons. The van der Waals surface area contributed by atoms with Crippen LogP contribution in [-0.2, 0) is 11.2 Å². The van der Waals surface area contributed by atoms with Gasteiger partial charge in [0.1, 0.15) is 12.1 Å². The number of anilines is 2. The molecule has 36 heavy (non-hydrogen) atoms. The summed E-state index contributed by atoms with van der Waals surface area (Å²) in [5.41, 5.74) is 3.48. The van der Waals surface area contributed by atoms with Crippen LogP contribution >= 0.6 is 0 Å². The molecule has 1 N–H and O–H groups in total. The van der Waals surface area contributed by atoms with Gasteiger partial charge in [-0.3, -0.25) is 14.6 Å².